The Morgan fingerprint density at radius 3 is 2.89 bits per heavy atom. The number of carboxylic acid groups (broad SMARTS) is 1. The van der Waals surface area contributed by atoms with E-state index in [9.17, 15) is 9.59 Å². The first kappa shape index (κ1) is 13.5. The third kappa shape index (κ3) is 3.52. The maximum absolute atomic E-state index is 12.1. The summed E-state index contributed by atoms with van der Waals surface area (Å²) in [7, 11) is 0. The van der Waals surface area contributed by atoms with Crippen molar-refractivity contribution in [2.75, 3.05) is 6.54 Å². The Morgan fingerprint density at radius 1 is 1.37 bits per heavy atom. The van der Waals surface area contributed by atoms with Crippen LogP contribution in [0.1, 0.15) is 32.1 Å². The molecule has 1 N–H and O–H groups in total. The Kier molecular flexibility index (Phi) is 4.48. The van der Waals surface area contributed by atoms with Crippen LogP contribution in [0.4, 0.5) is 0 Å². The van der Waals surface area contributed by atoms with Gasteiger partial charge in [-0.05, 0) is 25.7 Å². The fraction of sp³-hybridized carbons (Fsp3) is 0.667. The van der Waals surface area contributed by atoms with Gasteiger partial charge < -0.3 is 10.0 Å². The zero-order chi connectivity index (χ0) is 13.7. The van der Waals surface area contributed by atoms with Gasteiger partial charge in [-0.3, -0.25) is 9.48 Å². The van der Waals surface area contributed by atoms with Crippen LogP contribution in [0.5, 0.6) is 0 Å². The van der Waals surface area contributed by atoms with Crippen molar-refractivity contribution >= 4 is 11.9 Å². The van der Waals surface area contributed by atoms with Gasteiger partial charge in [0, 0.05) is 19.5 Å². The molecule has 2 rings (SSSR count). The zero-order valence-corrected chi connectivity index (χ0v) is 10.7. The number of piperidine rings is 1. The van der Waals surface area contributed by atoms with E-state index in [2.05, 4.69) is 10.1 Å². The highest BCUT2D eigenvalue weighted by Crippen LogP contribution is 2.18. The molecule has 1 amide bonds. The molecule has 7 heteroatoms. The minimum absolute atomic E-state index is 0.0767. The zero-order valence-electron chi connectivity index (χ0n) is 10.7. The lowest BCUT2D eigenvalue weighted by Crippen LogP contribution is -2.47. The molecule has 0 saturated carbocycles. The standard InChI is InChI=1S/C12H18N4O3/c17-11(5-3-6-15-9-13-8-14-15)16-7-2-1-4-10(16)12(18)19/h8-10H,1-7H2,(H,18,19)/t10-/m1/s1. The molecule has 1 aliphatic heterocycles. The Hall–Kier alpha value is -1.92. The minimum atomic E-state index is -0.899. The van der Waals surface area contributed by atoms with Crippen LogP contribution in [-0.2, 0) is 16.1 Å². The normalized spacial score (nSPS) is 19.4. The SMILES string of the molecule is O=C(O)[C@H]1CCCCN1C(=O)CCCn1cncn1. The Labute approximate surface area is 111 Å². The number of carbonyl (C=O) groups excluding carboxylic acids is 1. The lowest BCUT2D eigenvalue weighted by molar-refractivity contribution is -0.152. The van der Waals surface area contributed by atoms with E-state index in [1.165, 1.54) is 11.2 Å². The second-order valence-corrected chi connectivity index (χ2v) is 4.70. The molecule has 1 atom stereocenters. The average molecular weight is 266 g/mol. The van der Waals surface area contributed by atoms with E-state index in [-0.39, 0.29) is 5.91 Å². The number of carboxylic acids is 1. The summed E-state index contributed by atoms with van der Waals surface area (Å²) in [5.41, 5.74) is 0. The van der Waals surface area contributed by atoms with Gasteiger partial charge in [0.15, 0.2) is 0 Å². The molecule has 0 spiro atoms. The molecule has 0 unspecified atom stereocenters. The highest BCUT2D eigenvalue weighted by atomic mass is 16.4. The van der Waals surface area contributed by atoms with Crippen molar-refractivity contribution in [3.05, 3.63) is 12.7 Å². The van der Waals surface area contributed by atoms with Crippen molar-refractivity contribution < 1.29 is 14.7 Å². The summed E-state index contributed by atoms with van der Waals surface area (Å²) in [5.74, 6) is -0.975. The molecule has 0 bridgehead atoms. The van der Waals surface area contributed by atoms with Gasteiger partial charge in [-0.15, -0.1) is 0 Å². The highest BCUT2D eigenvalue weighted by molar-refractivity contribution is 5.83. The molecule has 104 valence electrons. The van der Waals surface area contributed by atoms with Crippen LogP contribution in [0.15, 0.2) is 12.7 Å². The molecule has 7 nitrogen and oxygen atoms in total. The van der Waals surface area contributed by atoms with E-state index < -0.39 is 12.0 Å². The van der Waals surface area contributed by atoms with E-state index in [0.29, 0.717) is 32.4 Å². The number of likely N-dealkylation sites (tertiary alicyclic amines) is 1. The van der Waals surface area contributed by atoms with E-state index in [1.807, 2.05) is 0 Å². The smallest absolute Gasteiger partial charge is 0.326 e. The monoisotopic (exact) mass is 266 g/mol. The van der Waals surface area contributed by atoms with Crippen molar-refractivity contribution in [3.63, 3.8) is 0 Å². The summed E-state index contributed by atoms with van der Waals surface area (Å²) < 4.78 is 1.66. The van der Waals surface area contributed by atoms with Crippen LogP contribution in [0.2, 0.25) is 0 Å². The van der Waals surface area contributed by atoms with Crippen LogP contribution in [0.25, 0.3) is 0 Å². The lowest BCUT2D eigenvalue weighted by Gasteiger charge is -2.33. The molecular formula is C12H18N4O3. The van der Waals surface area contributed by atoms with E-state index in [1.54, 1.807) is 11.0 Å². The summed E-state index contributed by atoms with van der Waals surface area (Å²) in [5, 5.41) is 13.1. The molecule has 2 heterocycles. The number of aliphatic carboxylic acids is 1. The largest absolute Gasteiger partial charge is 0.480 e. The Morgan fingerprint density at radius 2 is 2.21 bits per heavy atom. The molecule has 0 aliphatic carbocycles. The van der Waals surface area contributed by atoms with Crippen LogP contribution >= 0.6 is 0 Å². The van der Waals surface area contributed by atoms with Crippen LogP contribution in [0.3, 0.4) is 0 Å². The van der Waals surface area contributed by atoms with Gasteiger partial charge in [-0.2, -0.15) is 5.10 Å². The fourth-order valence-electron chi connectivity index (χ4n) is 2.37. The van der Waals surface area contributed by atoms with Gasteiger partial charge in [0.25, 0.3) is 0 Å². The fourth-order valence-corrected chi connectivity index (χ4v) is 2.37. The summed E-state index contributed by atoms with van der Waals surface area (Å²) in [6.07, 6.45) is 6.37. The molecule has 1 aromatic heterocycles. The number of aryl methyl sites for hydroxylation is 1. The molecule has 0 aromatic carbocycles. The van der Waals surface area contributed by atoms with Crippen molar-refractivity contribution in [1.29, 1.82) is 0 Å². The topological polar surface area (TPSA) is 88.3 Å². The summed E-state index contributed by atoms with van der Waals surface area (Å²) in [4.78, 5) is 28.5. The maximum atomic E-state index is 12.1. The second-order valence-electron chi connectivity index (χ2n) is 4.70. The van der Waals surface area contributed by atoms with Crippen molar-refractivity contribution in [1.82, 2.24) is 19.7 Å². The van der Waals surface area contributed by atoms with Gasteiger partial charge in [0.05, 0.1) is 0 Å². The summed E-state index contributed by atoms with van der Waals surface area (Å²) in [6.45, 7) is 1.18. The van der Waals surface area contributed by atoms with E-state index >= 15 is 0 Å². The van der Waals surface area contributed by atoms with Crippen molar-refractivity contribution in [2.24, 2.45) is 0 Å². The van der Waals surface area contributed by atoms with Gasteiger partial charge in [-0.25, -0.2) is 9.78 Å². The molecule has 1 aromatic rings. The predicted octanol–water partition coefficient (Wildman–Crippen LogP) is 0.524. The van der Waals surface area contributed by atoms with Gasteiger partial charge >= 0.3 is 5.97 Å². The van der Waals surface area contributed by atoms with Gasteiger partial charge in [0.1, 0.15) is 18.7 Å². The molecule has 1 aliphatic rings. The first-order valence-corrected chi connectivity index (χ1v) is 6.53. The molecule has 0 radical (unpaired) electrons. The quantitative estimate of drug-likeness (QED) is 0.839. The molecular weight excluding hydrogens is 248 g/mol. The number of nitrogens with zero attached hydrogens (tertiary/aromatic N) is 4. The van der Waals surface area contributed by atoms with Crippen molar-refractivity contribution in [2.45, 2.75) is 44.7 Å². The Balaban J connectivity index is 1.82. The molecule has 19 heavy (non-hydrogen) atoms. The van der Waals surface area contributed by atoms with E-state index in [4.69, 9.17) is 5.11 Å². The van der Waals surface area contributed by atoms with Gasteiger partial charge in [0.2, 0.25) is 5.91 Å². The number of amides is 1. The van der Waals surface area contributed by atoms with Gasteiger partial charge in [-0.1, -0.05) is 0 Å². The van der Waals surface area contributed by atoms with Crippen LogP contribution in [-0.4, -0.2) is 49.2 Å². The average Bonchev–Trinajstić information content (AvgIpc) is 2.91. The summed E-state index contributed by atoms with van der Waals surface area (Å²) >= 11 is 0. The third-order valence-corrected chi connectivity index (χ3v) is 3.35. The third-order valence-electron chi connectivity index (χ3n) is 3.35. The summed E-state index contributed by atoms with van der Waals surface area (Å²) in [6, 6.07) is -0.646. The number of carbonyl (C=O) groups is 2. The number of hydrogen-bond donors (Lipinski definition) is 1. The minimum Gasteiger partial charge on any atom is -0.480 e. The first-order valence-electron chi connectivity index (χ1n) is 6.53. The molecule has 1 fully saturated rings. The number of aromatic nitrogens is 3. The maximum Gasteiger partial charge on any atom is 0.326 e. The van der Waals surface area contributed by atoms with Crippen LogP contribution < -0.4 is 0 Å². The molecule has 1 saturated heterocycles. The van der Waals surface area contributed by atoms with Crippen LogP contribution in [0, 0.1) is 0 Å². The van der Waals surface area contributed by atoms with E-state index in [0.717, 1.165) is 12.8 Å². The second kappa shape index (κ2) is 6.31. The Bertz CT molecular complexity index is 432. The van der Waals surface area contributed by atoms with Crippen molar-refractivity contribution in [3.8, 4) is 0 Å². The number of rotatable bonds is 5. The lowest BCUT2D eigenvalue weighted by atomic mass is 10.0. The predicted molar refractivity (Wildman–Crippen MR) is 66.2 cm³/mol. The number of hydrogen-bond acceptors (Lipinski definition) is 4. The first-order chi connectivity index (χ1) is 9.18. The highest BCUT2D eigenvalue weighted by Gasteiger charge is 2.31.